The van der Waals surface area contributed by atoms with Crippen molar-refractivity contribution in [3.05, 3.63) is 18.2 Å². The molecule has 1 atom stereocenters. The third kappa shape index (κ3) is 5.21. The lowest BCUT2D eigenvalue weighted by Crippen LogP contribution is -2.43. The number of nitrogens with two attached hydrogens (primary N) is 1. The zero-order valence-electron chi connectivity index (χ0n) is 12.4. The van der Waals surface area contributed by atoms with Crippen LogP contribution < -0.4 is 25.8 Å². The average Bonchev–Trinajstić information content (AvgIpc) is 2.41. The normalized spacial score (nSPS) is 11.4. The van der Waals surface area contributed by atoms with E-state index in [1.54, 1.807) is 25.1 Å². The second kappa shape index (κ2) is 7.98. The molecule has 1 aromatic carbocycles. The van der Waals surface area contributed by atoms with Gasteiger partial charge in [-0.2, -0.15) is 0 Å². The Morgan fingerprint density at radius 1 is 1.19 bits per heavy atom. The van der Waals surface area contributed by atoms with Gasteiger partial charge in [0, 0.05) is 11.8 Å². The molecule has 0 saturated heterocycles. The fraction of sp³-hybridized carbons (Fsp3) is 0.429. The number of amides is 3. The predicted molar refractivity (Wildman–Crippen MR) is 79.6 cm³/mol. The highest BCUT2D eigenvalue weighted by Crippen LogP contribution is 2.30. The van der Waals surface area contributed by atoms with Crippen LogP contribution in [-0.4, -0.2) is 31.2 Å². The van der Waals surface area contributed by atoms with E-state index in [1.165, 1.54) is 0 Å². The number of ether oxygens (including phenoxy) is 2. The molecule has 0 heterocycles. The van der Waals surface area contributed by atoms with Gasteiger partial charge in [-0.1, -0.05) is 0 Å². The summed E-state index contributed by atoms with van der Waals surface area (Å²) < 4.78 is 11.0. The van der Waals surface area contributed by atoms with Gasteiger partial charge < -0.3 is 20.5 Å². The zero-order valence-corrected chi connectivity index (χ0v) is 12.4. The van der Waals surface area contributed by atoms with Gasteiger partial charge in [0.25, 0.3) is 0 Å². The van der Waals surface area contributed by atoms with E-state index in [0.717, 1.165) is 0 Å². The molecule has 1 rings (SSSR count). The molecule has 0 bridgehead atoms. The van der Waals surface area contributed by atoms with Crippen molar-refractivity contribution in [3.63, 3.8) is 0 Å². The SMILES string of the molecule is CCOc1ccc(NC(C)C(=O)NC(N)=O)cc1OCC. The molecule has 1 aromatic rings. The molecule has 0 spiro atoms. The summed E-state index contributed by atoms with van der Waals surface area (Å²) in [5.41, 5.74) is 5.58. The van der Waals surface area contributed by atoms with Crippen LogP contribution in [0.1, 0.15) is 20.8 Å². The second-order valence-electron chi connectivity index (χ2n) is 4.25. The molecule has 1 unspecified atom stereocenters. The Morgan fingerprint density at radius 3 is 2.38 bits per heavy atom. The first-order valence-corrected chi connectivity index (χ1v) is 6.74. The third-order valence-electron chi connectivity index (χ3n) is 2.57. The Kier molecular flexibility index (Phi) is 6.32. The highest BCUT2D eigenvalue weighted by molar-refractivity contribution is 5.97. The van der Waals surface area contributed by atoms with Gasteiger partial charge in [-0.15, -0.1) is 0 Å². The number of carbonyl (C=O) groups is 2. The van der Waals surface area contributed by atoms with E-state index in [1.807, 2.05) is 19.2 Å². The summed E-state index contributed by atoms with van der Waals surface area (Å²) >= 11 is 0. The summed E-state index contributed by atoms with van der Waals surface area (Å²) in [6, 6.07) is 3.76. The Bertz CT molecular complexity index is 505. The lowest BCUT2D eigenvalue weighted by Gasteiger charge is -2.16. The van der Waals surface area contributed by atoms with Crippen molar-refractivity contribution in [2.24, 2.45) is 5.73 Å². The second-order valence-corrected chi connectivity index (χ2v) is 4.25. The molecule has 0 radical (unpaired) electrons. The first-order chi connectivity index (χ1) is 9.97. The standard InChI is InChI=1S/C14H21N3O4/c1-4-20-11-7-6-10(8-12(11)21-5-2)16-9(3)13(18)17-14(15)19/h6-9,16H,4-5H2,1-3H3,(H3,15,17,18,19). The Balaban J connectivity index is 2.81. The zero-order chi connectivity index (χ0) is 15.8. The number of hydrogen-bond acceptors (Lipinski definition) is 5. The van der Waals surface area contributed by atoms with Crippen LogP contribution in [0.4, 0.5) is 10.5 Å². The first kappa shape index (κ1) is 16.6. The van der Waals surface area contributed by atoms with E-state index < -0.39 is 18.0 Å². The smallest absolute Gasteiger partial charge is 0.318 e. The van der Waals surface area contributed by atoms with Gasteiger partial charge in [0.2, 0.25) is 5.91 Å². The van der Waals surface area contributed by atoms with Gasteiger partial charge in [0.1, 0.15) is 6.04 Å². The van der Waals surface area contributed by atoms with E-state index in [0.29, 0.717) is 30.4 Å². The Morgan fingerprint density at radius 2 is 1.81 bits per heavy atom. The van der Waals surface area contributed by atoms with Crippen LogP contribution in [0.2, 0.25) is 0 Å². The van der Waals surface area contributed by atoms with Crippen LogP contribution in [0.15, 0.2) is 18.2 Å². The van der Waals surface area contributed by atoms with Crippen molar-refractivity contribution in [1.29, 1.82) is 0 Å². The van der Waals surface area contributed by atoms with Crippen molar-refractivity contribution in [2.75, 3.05) is 18.5 Å². The highest BCUT2D eigenvalue weighted by Gasteiger charge is 2.15. The number of rotatable bonds is 7. The highest BCUT2D eigenvalue weighted by atomic mass is 16.5. The minimum atomic E-state index is -0.879. The third-order valence-corrected chi connectivity index (χ3v) is 2.57. The number of hydrogen-bond donors (Lipinski definition) is 3. The van der Waals surface area contributed by atoms with Crippen LogP contribution in [0.3, 0.4) is 0 Å². The Labute approximate surface area is 123 Å². The van der Waals surface area contributed by atoms with Gasteiger partial charge in [-0.05, 0) is 32.9 Å². The van der Waals surface area contributed by atoms with Crippen LogP contribution in [-0.2, 0) is 4.79 Å². The maximum absolute atomic E-state index is 11.6. The molecule has 0 aliphatic rings. The quantitative estimate of drug-likeness (QED) is 0.707. The van der Waals surface area contributed by atoms with Crippen LogP contribution in [0, 0.1) is 0 Å². The van der Waals surface area contributed by atoms with Crippen molar-refractivity contribution in [2.45, 2.75) is 26.8 Å². The molecule has 3 amide bonds. The molecule has 0 saturated carbocycles. The van der Waals surface area contributed by atoms with Crippen LogP contribution >= 0.6 is 0 Å². The summed E-state index contributed by atoms with van der Waals surface area (Å²) in [5.74, 6) is 0.723. The van der Waals surface area contributed by atoms with Crippen molar-refractivity contribution >= 4 is 17.6 Å². The first-order valence-electron chi connectivity index (χ1n) is 6.74. The maximum Gasteiger partial charge on any atom is 0.318 e. The lowest BCUT2D eigenvalue weighted by atomic mass is 10.2. The molecule has 0 aliphatic heterocycles. The van der Waals surface area contributed by atoms with E-state index in [2.05, 4.69) is 5.32 Å². The monoisotopic (exact) mass is 295 g/mol. The van der Waals surface area contributed by atoms with E-state index in [9.17, 15) is 9.59 Å². The van der Waals surface area contributed by atoms with Crippen molar-refractivity contribution in [3.8, 4) is 11.5 Å². The topological polar surface area (TPSA) is 103 Å². The molecule has 116 valence electrons. The number of anilines is 1. The minimum Gasteiger partial charge on any atom is -0.490 e. The Hall–Kier alpha value is -2.44. The molecule has 7 nitrogen and oxygen atoms in total. The van der Waals surface area contributed by atoms with E-state index in [4.69, 9.17) is 15.2 Å². The van der Waals surface area contributed by atoms with Crippen LogP contribution in [0.5, 0.6) is 11.5 Å². The summed E-state index contributed by atoms with van der Waals surface area (Å²) in [7, 11) is 0. The molecule has 0 aliphatic carbocycles. The maximum atomic E-state index is 11.6. The van der Waals surface area contributed by atoms with E-state index in [-0.39, 0.29) is 0 Å². The summed E-state index contributed by atoms with van der Waals surface area (Å²) in [6.45, 7) is 6.41. The molecule has 7 heteroatoms. The minimum absolute atomic E-state index is 0.501. The van der Waals surface area contributed by atoms with Gasteiger partial charge in [-0.3, -0.25) is 10.1 Å². The number of imide groups is 1. The molecule has 21 heavy (non-hydrogen) atoms. The van der Waals surface area contributed by atoms with E-state index >= 15 is 0 Å². The van der Waals surface area contributed by atoms with Gasteiger partial charge in [0.05, 0.1) is 13.2 Å². The lowest BCUT2D eigenvalue weighted by molar-refractivity contribution is -0.120. The van der Waals surface area contributed by atoms with Gasteiger partial charge in [0.15, 0.2) is 11.5 Å². The van der Waals surface area contributed by atoms with Crippen molar-refractivity contribution < 1.29 is 19.1 Å². The average molecular weight is 295 g/mol. The molecule has 0 fully saturated rings. The number of urea groups is 1. The number of primary amides is 1. The predicted octanol–water partition coefficient (Wildman–Crippen LogP) is 1.48. The van der Waals surface area contributed by atoms with Crippen LogP contribution in [0.25, 0.3) is 0 Å². The fourth-order valence-electron chi connectivity index (χ4n) is 1.69. The number of carbonyl (C=O) groups excluding carboxylic acids is 2. The summed E-state index contributed by atoms with van der Waals surface area (Å²) in [4.78, 5) is 22.3. The molecule has 0 aromatic heterocycles. The molecular weight excluding hydrogens is 274 g/mol. The van der Waals surface area contributed by atoms with Gasteiger partial charge in [-0.25, -0.2) is 4.79 Å². The van der Waals surface area contributed by atoms with Gasteiger partial charge >= 0.3 is 6.03 Å². The fourth-order valence-corrected chi connectivity index (χ4v) is 1.69. The molecular formula is C14H21N3O4. The molecule has 4 N–H and O–H groups in total. The summed E-state index contributed by atoms with van der Waals surface area (Å²) in [5, 5.41) is 4.98. The number of nitrogens with one attached hydrogen (secondary N) is 2. The number of benzene rings is 1. The largest absolute Gasteiger partial charge is 0.490 e. The summed E-state index contributed by atoms with van der Waals surface area (Å²) in [6.07, 6.45) is 0. The van der Waals surface area contributed by atoms with Crippen molar-refractivity contribution in [1.82, 2.24) is 5.32 Å².